The minimum Gasteiger partial charge on any atom is -0.444 e. The van der Waals surface area contributed by atoms with Gasteiger partial charge in [-0.25, -0.2) is 4.79 Å². The molecule has 2 unspecified atom stereocenters. The van der Waals surface area contributed by atoms with Gasteiger partial charge in [0.05, 0.1) is 19.2 Å². The number of hydrogen-bond donors (Lipinski definition) is 3. The highest BCUT2D eigenvalue weighted by Gasteiger charge is 2.21. The largest absolute Gasteiger partial charge is 0.444 e. The van der Waals surface area contributed by atoms with Crippen molar-refractivity contribution in [3.63, 3.8) is 0 Å². The monoisotopic (exact) mass is 344 g/mol. The molecule has 7 nitrogen and oxygen atoms in total. The van der Waals surface area contributed by atoms with E-state index < -0.39 is 11.7 Å². The molecular formula is C17H36N4O3. The number of carbonyl (C=O) groups excluding carboxylic acids is 1. The molecule has 24 heavy (non-hydrogen) atoms. The first-order chi connectivity index (χ1) is 11.1. The number of ether oxygens (including phenoxy) is 2. The quantitative estimate of drug-likeness (QED) is 0.464. The van der Waals surface area contributed by atoms with Crippen LogP contribution in [0.3, 0.4) is 0 Å². The maximum absolute atomic E-state index is 12.0. The van der Waals surface area contributed by atoms with Crippen LogP contribution in [0, 0.1) is 5.92 Å². The molecule has 142 valence electrons. The summed E-state index contributed by atoms with van der Waals surface area (Å²) in [5.41, 5.74) is -0.513. The Kier molecular flexibility index (Phi) is 10.4. The van der Waals surface area contributed by atoms with Gasteiger partial charge >= 0.3 is 6.09 Å². The van der Waals surface area contributed by atoms with E-state index in [1.165, 1.54) is 0 Å². The van der Waals surface area contributed by atoms with E-state index in [9.17, 15) is 4.79 Å². The summed E-state index contributed by atoms with van der Waals surface area (Å²) in [5.74, 6) is 0.944. The molecule has 0 heterocycles. The minimum absolute atomic E-state index is 0.104. The maximum atomic E-state index is 12.0. The Balaban J connectivity index is 4.78. The summed E-state index contributed by atoms with van der Waals surface area (Å²) >= 11 is 0. The highest BCUT2D eigenvalue weighted by atomic mass is 16.6. The summed E-state index contributed by atoms with van der Waals surface area (Å²) in [4.78, 5) is 16.6. The van der Waals surface area contributed by atoms with Crippen molar-refractivity contribution in [1.82, 2.24) is 16.0 Å². The van der Waals surface area contributed by atoms with Crippen LogP contribution in [0.1, 0.15) is 48.5 Å². The van der Waals surface area contributed by atoms with Gasteiger partial charge in [-0.3, -0.25) is 4.99 Å². The number of methoxy groups -OCH3 is 1. The summed E-state index contributed by atoms with van der Waals surface area (Å²) in [6.45, 7) is 15.5. The van der Waals surface area contributed by atoms with Crippen molar-refractivity contribution in [3.8, 4) is 0 Å². The Hall–Kier alpha value is -1.50. The van der Waals surface area contributed by atoms with Gasteiger partial charge in [-0.05, 0) is 40.5 Å². The Bertz CT molecular complexity index is 392. The van der Waals surface area contributed by atoms with Crippen molar-refractivity contribution in [3.05, 3.63) is 0 Å². The second-order valence-electron chi connectivity index (χ2n) is 7.22. The lowest BCUT2D eigenvalue weighted by Gasteiger charge is -2.25. The second kappa shape index (κ2) is 11.1. The molecule has 0 fully saturated rings. The van der Waals surface area contributed by atoms with Crippen LogP contribution >= 0.6 is 0 Å². The third kappa shape index (κ3) is 11.1. The minimum atomic E-state index is -0.513. The molecule has 0 aromatic rings. The van der Waals surface area contributed by atoms with Gasteiger partial charge in [0, 0.05) is 19.7 Å². The fraction of sp³-hybridized carbons (Fsp3) is 0.882. The predicted molar refractivity (Wildman–Crippen MR) is 98.4 cm³/mol. The highest BCUT2D eigenvalue weighted by molar-refractivity contribution is 5.80. The van der Waals surface area contributed by atoms with Crippen LogP contribution in [0.4, 0.5) is 4.79 Å². The molecule has 0 saturated carbocycles. The van der Waals surface area contributed by atoms with Crippen molar-refractivity contribution in [2.75, 3.05) is 26.8 Å². The van der Waals surface area contributed by atoms with Crippen LogP contribution in [-0.2, 0) is 9.47 Å². The SMILES string of the molecule is CCNC(=NCC(NC(=O)OC(C)(C)C)C(C)C)NC(C)COC. The van der Waals surface area contributed by atoms with Gasteiger partial charge < -0.3 is 25.4 Å². The molecule has 0 spiro atoms. The number of nitrogens with zero attached hydrogens (tertiary/aromatic N) is 1. The van der Waals surface area contributed by atoms with Crippen LogP contribution < -0.4 is 16.0 Å². The van der Waals surface area contributed by atoms with Gasteiger partial charge in [-0.2, -0.15) is 0 Å². The molecule has 0 radical (unpaired) electrons. The standard InChI is InChI=1S/C17H36N4O3/c1-9-18-15(20-13(4)11-23-8)19-10-14(12(2)3)21-16(22)24-17(5,6)7/h12-14H,9-11H2,1-8H3,(H,21,22)(H2,18,19,20). The Labute approximate surface area is 147 Å². The average molecular weight is 345 g/mol. The topological polar surface area (TPSA) is 84.0 Å². The molecule has 1 amide bonds. The number of alkyl carbamates (subject to hydrolysis) is 1. The molecule has 0 aromatic heterocycles. The first kappa shape index (κ1) is 22.5. The molecule has 0 aliphatic rings. The number of hydrogen-bond acceptors (Lipinski definition) is 4. The molecule has 0 aliphatic heterocycles. The van der Waals surface area contributed by atoms with E-state index in [-0.39, 0.29) is 18.0 Å². The summed E-state index contributed by atoms with van der Waals surface area (Å²) in [6, 6.07) is 0.0390. The van der Waals surface area contributed by atoms with Crippen LogP contribution in [0.2, 0.25) is 0 Å². The number of guanidine groups is 1. The zero-order valence-corrected chi connectivity index (χ0v) is 16.5. The van der Waals surface area contributed by atoms with E-state index in [1.807, 2.05) is 48.5 Å². The molecule has 0 aliphatic carbocycles. The first-order valence-corrected chi connectivity index (χ1v) is 8.62. The van der Waals surface area contributed by atoms with E-state index in [4.69, 9.17) is 9.47 Å². The van der Waals surface area contributed by atoms with Crippen LogP contribution in [0.15, 0.2) is 4.99 Å². The zero-order chi connectivity index (χ0) is 18.8. The second-order valence-corrected chi connectivity index (χ2v) is 7.22. The summed E-state index contributed by atoms with van der Waals surface area (Å²) in [7, 11) is 1.67. The number of nitrogens with one attached hydrogen (secondary N) is 3. The predicted octanol–water partition coefficient (Wildman–Crippen LogP) is 2.13. The number of aliphatic imine (C=N–C) groups is 1. The third-order valence-electron chi connectivity index (χ3n) is 3.10. The average Bonchev–Trinajstić information content (AvgIpc) is 2.41. The lowest BCUT2D eigenvalue weighted by atomic mass is 10.1. The van der Waals surface area contributed by atoms with Crippen LogP contribution in [0.25, 0.3) is 0 Å². The molecule has 3 N–H and O–H groups in total. The van der Waals surface area contributed by atoms with Gasteiger partial charge in [0.1, 0.15) is 5.60 Å². The van der Waals surface area contributed by atoms with Gasteiger partial charge in [0.15, 0.2) is 5.96 Å². The van der Waals surface area contributed by atoms with Gasteiger partial charge in [0.25, 0.3) is 0 Å². The molecule has 2 atom stereocenters. The molecule has 0 bridgehead atoms. The van der Waals surface area contributed by atoms with E-state index in [2.05, 4.69) is 20.9 Å². The number of rotatable bonds is 8. The summed E-state index contributed by atoms with van der Waals surface area (Å²) < 4.78 is 10.4. The lowest BCUT2D eigenvalue weighted by molar-refractivity contribution is 0.0493. The van der Waals surface area contributed by atoms with Gasteiger partial charge in [-0.1, -0.05) is 13.8 Å². The van der Waals surface area contributed by atoms with Crippen molar-refractivity contribution in [2.24, 2.45) is 10.9 Å². The highest BCUT2D eigenvalue weighted by Crippen LogP contribution is 2.09. The molecule has 7 heteroatoms. The van der Waals surface area contributed by atoms with Crippen LogP contribution in [-0.4, -0.2) is 56.5 Å². The van der Waals surface area contributed by atoms with Crippen LogP contribution in [0.5, 0.6) is 0 Å². The Morgan fingerprint density at radius 1 is 1.17 bits per heavy atom. The van der Waals surface area contributed by atoms with Crippen molar-refractivity contribution < 1.29 is 14.3 Å². The van der Waals surface area contributed by atoms with Crippen molar-refractivity contribution >= 4 is 12.1 Å². The van der Waals surface area contributed by atoms with E-state index in [1.54, 1.807) is 7.11 Å². The fourth-order valence-electron chi connectivity index (χ4n) is 1.92. The zero-order valence-electron chi connectivity index (χ0n) is 16.5. The smallest absolute Gasteiger partial charge is 0.407 e. The summed E-state index contributed by atoms with van der Waals surface area (Å²) in [5, 5.41) is 9.37. The summed E-state index contributed by atoms with van der Waals surface area (Å²) in [6.07, 6.45) is -0.415. The maximum Gasteiger partial charge on any atom is 0.407 e. The Morgan fingerprint density at radius 3 is 2.25 bits per heavy atom. The number of carbonyl (C=O) groups is 1. The van der Waals surface area contributed by atoms with E-state index in [0.717, 1.165) is 6.54 Å². The van der Waals surface area contributed by atoms with Gasteiger partial charge in [-0.15, -0.1) is 0 Å². The molecule has 0 saturated heterocycles. The van der Waals surface area contributed by atoms with Crippen molar-refractivity contribution in [1.29, 1.82) is 0 Å². The fourth-order valence-corrected chi connectivity index (χ4v) is 1.92. The van der Waals surface area contributed by atoms with Crippen molar-refractivity contribution in [2.45, 2.75) is 66.2 Å². The van der Waals surface area contributed by atoms with Gasteiger partial charge in [0.2, 0.25) is 0 Å². The first-order valence-electron chi connectivity index (χ1n) is 8.62. The lowest BCUT2D eigenvalue weighted by Crippen LogP contribution is -2.46. The third-order valence-corrected chi connectivity index (χ3v) is 3.10. The number of amides is 1. The van der Waals surface area contributed by atoms with E-state index >= 15 is 0 Å². The molecule has 0 rings (SSSR count). The molecule has 0 aromatic carbocycles. The Morgan fingerprint density at radius 2 is 1.79 bits per heavy atom. The van der Waals surface area contributed by atoms with E-state index in [0.29, 0.717) is 19.1 Å². The molecular weight excluding hydrogens is 308 g/mol. The normalized spacial score (nSPS) is 15.0.